The second-order valence-corrected chi connectivity index (χ2v) is 8.05. The van der Waals surface area contributed by atoms with Crippen LogP contribution in [0.1, 0.15) is 44.0 Å². The molecular weight excluding hydrogens is 370 g/mol. The molecule has 2 rings (SSSR count). The van der Waals surface area contributed by atoms with Gasteiger partial charge >= 0.3 is 0 Å². The van der Waals surface area contributed by atoms with Gasteiger partial charge in [0.25, 0.3) is 5.91 Å². The van der Waals surface area contributed by atoms with Crippen molar-refractivity contribution >= 4 is 17.5 Å². The summed E-state index contributed by atoms with van der Waals surface area (Å²) in [5.74, 6) is 0.577. The lowest BCUT2D eigenvalue weighted by Gasteiger charge is -2.34. The molecule has 0 bridgehead atoms. The molecule has 162 valence electrons. The van der Waals surface area contributed by atoms with E-state index in [0.29, 0.717) is 36.6 Å². The zero-order valence-electron chi connectivity index (χ0n) is 18.5. The number of hydrogen-bond acceptors (Lipinski definition) is 5. The van der Waals surface area contributed by atoms with E-state index < -0.39 is 0 Å². The lowest BCUT2D eigenvalue weighted by Crippen LogP contribution is -2.45. The predicted molar refractivity (Wildman–Crippen MR) is 114 cm³/mol. The van der Waals surface area contributed by atoms with E-state index in [1.807, 2.05) is 6.92 Å². The van der Waals surface area contributed by atoms with Gasteiger partial charge in [-0.3, -0.25) is 14.5 Å². The normalized spacial score (nSPS) is 24.1. The van der Waals surface area contributed by atoms with Crippen LogP contribution in [-0.2, 0) is 9.53 Å². The molecule has 0 aliphatic carbocycles. The van der Waals surface area contributed by atoms with Crippen molar-refractivity contribution in [3.63, 3.8) is 0 Å². The van der Waals surface area contributed by atoms with E-state index in [2.05, 4.69) is 31.1 Å². The second kappa shape index (κ2) is 10.6. The third-order valence-electron chi connectivity index (χ3n) is 5.52. The Labute approximate surface area is 174 Å². The molecule has 0 aromatic heterocycles. The highest BCUT2D eigenvalue weighted by Crippen LogP contribution is 2.26. The zero-order valence-corrected chi connectivity index (χ0v) is 18.5. The Morgan fingerprint density at radius 3 is 2.66 bits per heavy atom. The first kappa shape index (κ1) is 23.2. The molecule has 0 spiro atoms. The molecule has 0 fully saturated rings. The van der Waals surface area contributed by atoms with Gasteiger partial charge in [0, 0.05) is 51.5 Å². The van der Waals surface area contributed by atoms with Gasteiger partial charge < -0.3 is 19.7 Å². The summed E-state index contributed by atoms with van der Waals surface area (Å²) in [6.07, 6.45) is 1.17. The fraction of sp³-hybridized carbons (Fsp3) is 0.636. The highest BCUT2D eigenvalue weighted by Gasteiger charge is 2.27. The standard InChI is InChI=1S/C22H35N3O4/c1-7-8-21(26)23-17-9-10-18-19(11-17)29-14-16(3)24(4)12-15(2)20(28-6)13-25(5)22(18)27/h9-11,15-16,20H,7-8,12-14H2,1-6H3,(H,23,26)/t15-,16+,20-/m0/s1. The summed E-state index contributed by atoms with van der Waals surface area (Å²) < 4.78 is 11.7. The summed E-state index contributed by atoms with van der Waals surface area (Å²) >= 11 is 0. The number of likely N-dealkylation sites (N-methyl/N-ethyl adjacent to an activating group) is 2. The molecule has 7 heteroatoms. The van der Waals surface area contributed by atoms with E-state index in [0.717, 1.165) is 13.0 Å². The number of nitrogens with one attached hydrogen (secondary N) is 1. The van der Waals surface area contributed by atoms with Crippen LogP contribution in [0, 0.1) is 5.92 Å². The fourth-order valence-electron chi connectivity index (χ4n) is 3.48. The van der Waals surface area contributed by atoms with E-state index in [1.165, 1.54) is 0 Å². The minimum atomic E-state index is -0.123. The minimum absolute atomic E-state index is 0.0472. The Bertz CT molecular complexity index is 709. The van der Waals surface area contributed by atoms with Crippen LogP contribution >= 0.6 is 0 Å². The van der Waals surface area contributed by atoms with E-state index in [9.17, 15) is 9.59 Å². The summed E-state index contributed by atoms with van der Waals surface area (Å²) in [6, 6.07) is 5.37. The number of methoxy groups -OCH3 is 1. The number of amides is 2. The summed E-state index contributed by atoms with van der Waals surface area (Å²) in [5.41, 5.74) is 1.12. The van der Waals surface area contributed by atoms with Gasteiger partial charge in [-0.2, -0.15) is 0 Å². The predicted octanol–water partition coefficient (Wildman–Crippen LogP) is 2.86. The smallest absolute Gasteiger partial charge is 0.257 e. The Hall–Kier alpha value is -2.12. The molecule has 0 saturated carbocycles. The Balaban J connectivity index is 2.35. The average Bonchev–Trinajstić information content (AvgIpc) is 2.68. The van der Waals surface area contributed by atoms with Gasteiger partial charge in [0.1, 0.15) is 12.4 Å². The number of benzene rings is 1. The number of carbonyl (C=O) groups excluding carboxylic acids is 2. The van der Waals surface area contributed by atoms with Crippen molar-refractivity contribution in [2.24, 2.45) is 5.92 Å². The van der Waals surface area contributed by atoms with Crippen molar-refractivity contribution in [3.8, 4) is 5.75 Å². The fourth-order valence-corrected chi connectivity index (χ4v) is 3.48. The number of ether oxygens (including phenoxy) is 2. The van der Waals surface area contributed by atoms with Crippen LogP contribution in [-0.4, -0.2) is 74.7 Å². The zero-order chi connectivity index (χ0) is 21.6. The molecule has 1 N–H and O–H groups in total. The van der Waals surface area contributed by atoms with Crippen LogP contribution in [0.4, 0.5) is 5.69 Å². The number of nitrogens with zero attached hydrogens (tertiary/aromatic N) is 2. The lowest BCUT2D eigenvalue weighted by atomic mass is 10.0. The Morgan fingerprint density at radius 2 is 2.00 bits per heavy atom. The number of hydrogen-bond donors (Lipinski definition) is 1. The van der Waals surface area contributed by atoms with Crippen molar-refractivity contribution in [3.05, 3.63) is 23.8 Å². The van der Waals surface area contributed by atoms with E-state index in [4.69, 9.17) is 9.47 Å². The van der Waals surface area contributed by atoms with Crippen molar-refractivity contribution < 1.29 is 19.1 Å². The maximum absolute atomic E-state index is 13.1. The number of rotatable bonds is 4. The molecule has 1 aromatic carbocycles. The van der Waals surface area contributed by atoms with Crippen LogP contribution in [0.15, 0.2) is 18.2 Å². The molecule has 1 aliphatic rings. The van der Waals surface area contributed by atoms with Gasteiger partial charge in [0.05, 0.1) is 11.7 Å². The summed E-state index contributed by atoms with van der Waals surface area (Å²) in [6.45, 7) is 7.97. The van der Waals surface area contributed by atoms with Gasteiger partial charge in [0.15, 0.2) is 0 Å². The minimum Gasteiger partial charge on any atom is -0.491 e. The molecular formula is C22H35N3O4. The van der Waals surface area contributed by atoms with Crippen molar-refractivity contribution in [1.29, 1.82) is 0 Å². The van der Waals surface area contributed by atoms with Gasteiger partial charge in [-0.05, 0) is 38.4 Å². The maximum atomic E-state index is 13.1. The van der Waals surface area contributed by atoms with E-state index >= 15 is 0 Å². The topological polar surface area (TPSA) is 71.1 Å². The molecule has 1 aromatic rings. The first-order valence-electron chi connectivity index (χ1n) is 10.3. The highest BCUT2D eigenvalue weighted by molar-refractivity contribution is 5.98. The summed E-state index contributed by atoms with van der Waals surface area (Å²) in [5, 5.41) is 2.87. The highest BCUT2D eigenvalue weighted by atomic mass is 16.5. The van der Waals surface area contributed by atoms with Crippen LogP contribution in [0.5, 0.6) is 5.75 Å². The van der Waals surface area contributed by atoms with Crippen molar-refractivity contribution in [2.75, 3.05) is 46.2 Å². The van der Waals surface area contributed by atoms with Crippen molar-refractivity contribution in [2.45, 2.75) is 45.8 Å². The van der Waals surface area contributed by atoms with Crippen LogP contribution in [0.2, 0.25) is 0 Å². The Kier molecular flexibility index (Phi) is 8.46. The first-order valence-corrected chi connectivity index (χ1v) is 10.3. The molecule has 29 heavy (non-hydrogen) atoms. The van der Waals surface area contributed by atoms with Crippen LogP contribution in [0.25, 0.3) is 0 Å². The molecule has 0 unspecified atom stereocenters. The van der Waals surface area contributed by atoms with Gasteiger partial charge in [0.2, 0.25) is 5.91 Å². The quantitative estimate of drug-likeness (QED) is 0.834. The SMILES string of the molecule is CCCC(=O)Nc1ccc2c(c1)OC[C@@H](C)N(C)C[C@H](C)[C@@H](OC)CN(C)C2=O. The third-order valence-corrected chi connectivity index (χ3v) is 5.52. The molecule has 3 atom stereocenters. The largest absolute Gasteiger partial charge is 0.491 e. The molecule has 0 saturated heterocycles. The molecule has 7 nitrogen and oxygen atoms in total. The molecule has 0 radical (unpaired) electrons. The number of fused-ring (bicyclic) bond motifs is 1. The van der Waals surface area contributed by atoms with Gasteiger partial charge in [-0.1, -0.05) is 13.8 Å². The second-order valence-electron chi connectivity index (χ2n) is 8.05. The lowest BCUT2D eigenvalue weighted by molar-refractivity contribution is -0.116. The van der Waals surface area contributed by atoms with Crippen molar-refractivity contribution in [1.82, 2.24) is 9.80 Å². The van der Waals surface area contributed by atoms with E-state index in [1.54, 1.807) is 37.3 Å². The monoisotopic (exact) mass is 405 g/mol. The number of anilines is 1. The summed E-state index contributed by atoms with van der Waals surface area (Å²) in [4.78, 5) is 29.0. The van der Waals surface area contributed by atoms with Gasteiger partial charge in [-0.25, -0.2) is 0 Å². The summed E-state index contributed by atoms with van der Waals surface area (Å²) in [7, 11) is 5.54. The van der Waals surface area contributed by atoms with Crippen LogP contribution < -0.4 is 10.1 Å². The molecule has 1 aliphatic heterocycles. The third kappa shape index (κ3) is 6.18. The van der Waals surface area contributed by atoms with Gasteiger partial charge in [-0.15, -0.1) is 0 Å². The average molecular weight is 406 g/mol. The number of carbonyl (C=O) groups is 2. The maximum Gasteiger partial charge on any atom is 0.257 e. The molecule has 1 heterocycles. The van der Waals surface area contributed by atoms with Crippen LogP contribution in [0.3, 0.4) is 0 Å². The molecule has 2 amide bonds. The first-order chi connectivity index (χ1) is 13.8. The van der Waals surface area contributed by atoms with E-state index in [-0.39, 0.29) is 29.9 Å². The Morgan fingerprint density at radius 1 is 1.28 bits per heavy atom.